The van der Waals surface area contributed by atoms with Crippen LogP contribution in [0.5, 0.6) is 0 Å². The Balaban J connectivity index is 1.50. The highest BCUT2D eigenvalue weighted by atomic mass is 19.1. The summed E-state index contributed by atoms with van der Waals surface area (Å²) >= 11 is 0. The van der Waals surface area contributed by atoms with E-state index >= 15 is 0 Å². The first-order valence-electron chi connectivity index (χ1n) is 7.61. The van der Waals surface area contributed by atoms with Gasteiger partial charge in [0, 0.05) is 31.4 Å². The SMILES string of the molecule is O=C(Nc1ccccc1F)N1CCC(Nc2cc[c]cn2)CC1. The number of anilines is 2. The second-order valence-electron chi connectivity index (χ2n) is 5.46. The fourth-order valence-electron chi connectivity index (χ4n) is 2.60. The molecule has 2 amide bonds. The van der Waals surface area contributed by atoms with Crippen molar-refractivity contribution in [3.63, 3.8) is 0 Å². The molecular formula is C17H18FN4O. The van der Waals surface area contributed by atoms with Gasteiger partial charge in [-0.1, -0.05) is 12.1 Å². The number of nitrogens with zero attached hydrogens (tertiary/aromatic N) is 2. The summed E-state index contributed by atoms with van der Waals surface area (Å²) in [4.78, 5) is 18.1. The normalized spacial score (nSPS) is 15.3. The maximum Gasteiger partial charge on any atom is 0.321 e. The molecule has 1 radical (unpaired) electrons. The number of hydrogen-bond acceptors (Lipinski definition) is 3. The van der Waals surface area contributed by atoms with E-state index in [1.165, 1.54) is 6.07 Å². The molecule has 3 rings (SSSR count). The minimum Gasteiger partial charge on any atom is -0.367 e. The van der Waals surface area contributed by atoms with E-state index in [2.05, 4.69) is 21.7 Å². The minimum absolute atomic E-state index is 0.211. The monoisotopic (exact) mass is 313 g/mol. The third kappa shape index (κ3) is 3.97. The lowest BCUT2D eigenvalue weighted by Gasteiger charge is -2.32. The molecule has 5 nitrogen and oxygen atoms in total. The predicted molar refractivity (Wildman–Crippen MR) is 86.7 cm³/mol. The van der Waals surface area contributed by atoms with Crippen LogP contribution in [-0.2, 0) is 0 Å². The van der Waals surface area contributed by atoms with Crippen molar-refractivity contribution in [3.05, 3.63) is 54.5 Å². The number of carbonyl (C=O) groups is 1. The molecule has 6 heteroatoms. The maximum absolute atomic E-state index is 13.6. The molecule has 2 heterocycles. The first-order chi connectivity index (χ1) is 11.2. The van der Waals surface area contributed by atoms with Crippen LogP contribution in [0.25, 0.3) is 0 Å². The number of pyridine rings is 1. The summed E-state index contributed by atoms with van der Waals surface area (Å²) in [5.74, 6) is 0.391. The molecule has 2 N–H and O–H groups in total. The molecule has 0 unspecified atom stereocenters. The molecule has 1 aromatic carbocycles. The number of nitrogens with one attached hydrogen (secondary N) is 2. The molecule has 0 saturated carbocycles. The Hall–Kier alpha value is -2.63. The summed E-state index contributed by atoms with van der Waals surface area (Å²) in [6, 6.07) is 12.8. The van der Waals surface area contributed by atoms with Crippen molar-refractivity contribution in [1.29, 1.82) is 0 Å². The van der Waals surface area contributed by atoms with Crippen molar-refractivity contribution in [1.82, 2.24) is 9.88 Å². The molecule has 0 atom stereocenters. The van der Waals surface area contributed by atoms with E-state index in [1.807, 2.05) is 12.1 Å². The Morgan fingerprint density at radius 1 is 1.26 bits per heavy atom. The van der Waals surface area contributed by atoms with Crippen molar-refractivity contribution in [2.45, 2.75) is 18.9 Å². The van der Waals surface area contributed by atoms with Gasteiger partial charge in [0.05, 0.1) is 5.69 Å². The lowest BCUT2D eigenvalue weighted by molar-refractivity contribution is 0.197. The standard InChI is InChI=1S/C17H18FN4O/c18-14-5-1-2-6-15(14)21-17(23)22-11-8-13(9-12-22)20-16-7-3-4-10-19-16/h1-3,5-7,10,13H,8-9,11-12H2,(H,19,20)(H,21,23). The van der Waals surface area contributed by atoms with Crippen LogP contribution in [0.4, 0.5) is 20.7 Å². The van der Waals surface area contributed by atoms with E-state index < -0.39 is 5.82 Å². The van der Waals surface area contributed by atoms with Gasteiger partial charge in [-0.25, -0.2) is 14.2 Å². The first kappa shape index (κ1) is 15.3. The van der Waals surface area contributed by atoms with Gasteiger partial charge in [-0.05, 0) is 37.1 Å². The number of benzene rings is 1. The molecule has 0 bridgehead atoms. The number of carbonyl (C=O) groups excluding carboxylic acids is 1. The van der Waals surface area contributed by atoms with Crippen LogP contribution in [0.1, 0.15) is 12.8 Å². The molecule has 1 aliphatic rings. The second-order valence-corrected chi connectivity index (χ2v) is 5.46. The summed E-state index contributed by atoms with van der Waals surface area (Å²) in [6.45, 7) is 1.24. The third-order valence-electron chi connectivity index (χ3n) is 3.87. The lowest BCUT2D eigenvalue weighted by atomic mass is 10.1. The minimum atomic E-state index is -0.427. The number of para-hydroxylation sites is 1. The fourth-order valence-corrected chi connectivity index (χ4v) is 2.60. The third-order valence-corrected chi connectivity index (χ3v) is 3.87. The smallest absolute Gasteiger partial charge is 0.321 e. The van der Waals surface area contributed by atoms with Crippen molar-refractivity contribution in [3.8, 4) is 0 Å². The fraction of sp³-hybridized carbons (Fsp3) is 0.294. The quantitative estimate of drug-likeness (QED) is 0.915. The van der Waals surface area contributed by atoms with Gasteiger partial charge in [-0.3, -0.25) is 0 Å². The Morgan fingerprint density at radius 3 is 2.74 bits per heavy atom. The van der Waals surface area contributed by atoms with Crippen LogP contribution < -0.4 is 10.6 Å². The van der Waals surface area contributed by atoms with Crippen molar-refractivity contribution in [2.24, 2.45) is 0 Å². The molecular weight excluding hydrogens is 295 g/mol. The maximum atomic E-state index is 13.6. The summed E-state index contributed by atoms with van der Waals surface area (Å²) in [6.07, 6.45) is 3.27. The number of amides is 2. The van der Waals surface area contributed by atoms with Crippen LogP contribution in [0.2, 0.25) is 0 Å². The number of likely N-dealkylation sites (tertiary alicyclic amines) is 1. The highest BCUT2D eigenvalue weighted by molar-refractivity contribution is 5.89. The van der Waals surface area contributed by atoms with Gasteiger partial charge in [0.1, 0.15) is 11.6 Å². The van der Waals surface area contributed by atoms with Crippen molar-refractivity contribution in [2.75, 3.05) is 23.7 Å². The van der Waals surface area contributed by atoms with E-state index in [4.69, 9.17) is 0 Å². The van der Waals surface area contributed by atoms with E-state index in [9.17, 15) is 9.18 Å². The van der Waals surface area contributed by atoms with Crippen LogP contribution in [0.15, 0.2) is 42.6 Å². The lowest BCUT2D eigenvalue weighted by Crippen LogP contribution is -2.44. The molecule has 2 aromatic rings. The Kier molecular flexibility index (Phi) is 4.71. The summed E-state index contributed by atoms with van der Waals surface area (Å²) in [5.41, 5.74) is 0.211. The van der Waals surface area contributed by atoms with Crippen LogP contribution in [0, 0.1) is 11.9 Å². The zero-order valence-electron chi connectivity index (χ0n) is 12.6. The van der Waals surface area contributed by atoms with E-state index in [0.29, 0.717) is 13.1 Å². The zero-order chi connectivity index (χ0) is 16.1. The molecule has 1 aliphatic heterocycles. The summed E-state index contributed by atoms with van der Waals surface area (Å²) in [7, 11) is 0. The molecule has 0 spiro atoms. The molecule has 1 aromatic heterocycles. The van der Waals surface area contributed by atoms with Crippen LogP contribution in [0.3, 0.4) is 0 Å². The van der Waals surface area contributed by atoms with Crippen molar-refractivity contribution < 1.29 is 9.18 Å². The zero-order valence-corrected chi connectivity index (χ0v) is 12.6. The number of hydrogen-bond donors (Lipinski definition) is 2. The van der Waals surface area contributed by atoms with Gasteiger partial charge in [0.25, 0.3) is 0 Å². The van der Waals surface area contributed by atoms with Gasteiger partial charge in [0.15, 0.2) is 0 Å². The van der Waals surface area contributed by atoms with Gasteiger partial charge in [-0.2, -0.15) is 0 Å². The summed E-state index contributed by atoms with van der Waals surface area (Å²) in [5, 5.41) is 5.97. The molecule has 23 heavy (non-hydrogen) atoms. The second kappa shape index (κ2) is 7.09. The number of urea groups is 1. The summed E-state index contributed by atoms with van der Waals surface area (Å²) < 4.78 is 13.6. The molecule has 1 fully saturated rings. The van der Waals surface area contributed by atoms with Gasteiger partial charge >= 0.3 is 6.03 Å². The largest absolute Gasteiger partial charge is 0.367 e. The number of halogens is 1. The number of aromatic nitrogens is 1. The van der Waals surface area contributed by atoms with E-state index in [1.54, 1.807) is 29.3 Å². The average Bonchev–Trinajstić information content (AvgIpc) is 2.58. The van der Waals surface area contributed by atoms with E-state index in [-0.39, 0.29) is 17.8 Å². The van der Waals surface area contributed by atoms with Gasteiger partial charge in [-0.15, -0.1) is 0 Å². The van der Waals surface area contributed by atoms with Crippen molar-refractivity contribution >= 4 is 17.5 Å². The highest BCUT2D eigenvalue weighted by Gasteiger charge is 2.23. The highest BCUT2D eigenvalue weighted by Crippen LogP contribution is 2.17. The Labute approximate surface area is 134 Å². The first-order valence-corrected chi connectivity index (χ1v) is 7.61. The topological polar surface area (TPSA) is 57.3 Å². The van der Waals surface area contributed by atoms with Crippen LogP contribution >= 0.6 is 0 Å². The van der Waals surface area contributed by atoms with Gasteiger partial charge < -0.3 is 15.5 Å². The number of rotatable bonds is 3. The Morgan fingerprint density at radius 2 is 2.04 bits per heavy atom. The molecule has 1 saturated heterocycles. The van der Waals surface area contributed by atoms with Crippen LogP contribution in [-0.4, -0.2) is 35.0 Å². The molecule has 0 aliphatic carbocycles. The number of piperidine rings is 1. The van der Waals surface area contributed by atoms with E-state index in [0.717, 1.165) is 18.7 Å². The molecule has 119 valence electrons. The Bertz CT molecular complexity index is 657. The van der Waals surface area contributed by atoms with Gasteiger partial charge in [0.2, 0.25) is 0 Å². The average molecular weight is 313 g/mol. The predicted octanol–water partition coefficient (Wildman–Crippen LogP) is 3.13.